The number of hydrogen-bond donors (Lipinski definition) is 6. The lowest BCUT2D eigenvalue weighted by molar-refractivity contribution is -0.305. The minimum atomic E-state index is -1.64. The maximum absolute atomic E-state index is 13.4. The van der Waals surface area contributed by atoms with Gasteiger partial charge in [0.2, 0.25) is 5.91 Å². The van der Waals surface area contributed by atoms with Crippen LogP contribution < -0.4 is 5.32 Å². The van der Waals surface area contributed by atoms with Gasteiger partial charge in [-0.3, -0.25) is 9.59 Å². The fourth-order valence-electron chi connectivity index (χ4n) is 8.00. The number of rotatable bonds is 44. The molecule has 1 fully saturated rings. The lowest BCUT2D eigenvalue weighted by Crippen LogP contribution is -2.61. The Morgan fingerprint density at radius 1 is 0.586 bits per heavy atom. The molecule has 1 aliphatic heterocycles. The zero-order chi connectivity index (χ0) is 51.1. The Bertz CT molecular complexity index is 1500. The number of allylic oxidation sites excluding steroid dienone is 15. The number of aliphatic hydroxyl groups excluding tert-OH is 5. The highest BCUT2D eigenvalue weighted by molar-refractivity contribution is 5.80. The molecule has 70 heavy (non-hydrogen) atoms. The number of carbonyl (C=O) groups is 2. The van der Waals surface area contributed by atoms with Gasteiger partial charge in [-0.15, -0.1) is 0 Å². The summed E-state index contributed by atoms with van der Waals surface area (Å²) in [5.41, 5.74) is 0. The van der Waals surface area contributed by atoms with Crippen LogP contribution in [0.2, 0.25) is 0 Å². The van der Waals surface area contributed by atoms with Gasteiger partial charge >= 0.3 is 5.97 Å². The summed E-state index contributed by atoms with van der Waals surface area (Å²) in [5, 5.41) is 56.7. The van der Waals surface area contributed by atoms with Crippen molar-refractivity contribution in [2.45, 2.75) is 250 Å². The molecule has 0 aromatic rings. The molecule has 8 unspecified atom stereocenters. The third-order valence-electron chi connectivity index (χ3n) is 12.4. The summed E-state index contributed by atoms with van der Waals surface area (Å²) in [6, 6.07) is -1.04. The summed E-state index contributed by atoms with van der Waals surface area (Å²) in [5.74, 6) is -1.26. The number of nitrogens with one attached hydrogen (secondary N) is 1. The van der Waals surface area contributed by atoms with Gasteiger partial charge in [0.25, 0.3) is 0 Å². The number of ether oxygens (including phenoxy) is 3. The molecule has 400 valence electrons. The number of esters is 1. The van der Waals surface area contributed by atoms with Gasteiger partial charge in [-0.05, 0) is 70.6 Å². The summed E-state index contributed by atoms with van der Waals surface area (Å²) in [4.78, 5) is 26.4. The molecular weight excluding hydrogens is 883 g/mol. The first kappa shape index (κ1) is 64.6. The first-order valence-electron chi connectivity index (χ1n) is 27.6. The number of hydrogen-bond acceptors (Lipinski definition) is 10. The first-order valence-corrected chi connectivity index (χ1v) is 27.6. The van der Waals surface area contributed by atoms with Crippen molar-refractivity contribution in [3.05, 3.63) is 97.2 Å². The van der Waals surface area contributed by atoms with E-state index < -0.39 is 67.4 Å². The van der Waals surface area contributed by atoms with Crippen LogP contribution in [0.1, 0.15) is 201 Å². The van der Waals surface area contributed by atoms with Gasteiger partial charge < -0.3 is 45.1 Å². The van der Waals surface area contributed by atoms with Gasteiger partial charge in [-0.25, -0.2) is 0 Å². The van der Waals surface area contributed by atoms with Gasteiger partial charge in [0.05, 0.1) is 25.4 Å². The van der Waals surface area contributed by atoms with Crippen LogP contribution in [0, 0.1) is 0 Å². The van der Waals surface area contributed by atoms with Gasteiger partial charge in [0.1, 0.15) is 24.4 Å². The lowest BCUT2D eigenvalue weighted by atomic mass is 9.99. The van der Waals surface area contributed by atoms with Crippen molar-refractivity contribution in [1.29, 1.82) is 0 Å². The molecule has 0 aliphatic carbocycles. The minimum absolute atomic E-state index is 0.0685. The zero-order valence-corrected chi connectivity index (χ0v) is 43.8. The van der Waals surface area contributed by atoms with Crippen LogP contribution in [-0.4, -0.2) is 99.6 Å². The fraction of sp³-hybridized carbons (Fsp3) is 0.695. The quantitative estimate of drug-likeness (QED) is 0.0149. The third-order valence-corrected chi connectivity index (χ3v) is 12.4. The normalized spacial score (nSPS) is 20.5. The molecule has 6 N–H and O–H groups in total. The molecule has 8 atom stereocenters. The highest BCUT2D eigenvalue weighted by Gasteiger charge is 2.47. The van der Waals surface area contributed by atoms with Crippen LogP contribution in [0.4, 0.5) is 0 Å². The molecule has 1 amide bonds. The van der Waals surface area contributed by atoms with Gasteiger partial charge in [0, 0.05) is 6.42 Å². The van der Waals surface area contributed by atoms with E-state index in [0.717, 1.165) is 103 Å². The Hall–Kier alpha value is -3.42. The van der Waals surface area contributed by atoms with Gasteiger partial charge in [-0.1, -0.05) is 221 Å². The molecule has 0 bridgehead atoms. The van der Waals surface area contributed by atoms with Crippen LogP contribution in [0.15, 0.2) is 97.2 Å². The topological polar surface area (TPSA) is 175 Å². The van der Waals surface area contributed by atoms with Crippen LogP contribution in [-0.2, 0) is 23.8 Å². The minimum Gasteiger partial charge on any atom is -0.454 e. The maximum atomic E-state index is 13.4. The van der Waals surface area contributed by atoms with Crippen molar-refractivity contribution in [2.24, 2.45) is 0 Å². The highest BCUT2D eigenvalue weighted by Crippen LogP contribution is 2.26. The lowest BCUT2D eigenvalue weighted by Gasteiger charge is -2.41. The maximum Gasteiger partial charge on any atom is 0.306 e. The first-order chi connectivity index (χ1) is 34.2. The molecule has 1 aliphatic rings. The smallest absolute Gasteiger partial charge is 0.306 e. The zero-order valence-electron chi connectivity index (χ0n) is 43.8. The van der Waals surface area contributed by atoms with E-state index in [1.807, 2.05) is 54.7 Å². The fourth-order valence-corrected chi connectivity index (χ4v) is 8.00. The summed E-state index contributed by atoms with van der Waals surface area (Å²) in [7, 11) is 0. The summed E-state index contributed by atoms with van der Waals surface area (Å²) < 4.78 is 17.5. The Balaban J connectivity index is 2.80. The predicted molar refractivity (Wildman–Crippen MR) is 287 cm³/mol. The molecule has 0 aromatic heterocycles. The van der Waals surface area contributed by atoms with Crippen LogP contribution in [0.5, 0.6) is 0 Å². The largest absolute Gasteiger partial charge is 0.454 e. The molecule has 1 rings (SSSR count). The van der Waals surface area contributed by atoms with Crippen LogP contribution in [0.3, 0.4) is 0 Å². The van der Waals surface area contributed by atoms with Gasteiger partial charge in [0.15, 0.2) is 12.4 Å². The molecule has 0 spiro atoms. The second-order valence-corrected chi connectivity index (χ2v) is 18.7. The molecular formula is C59H99NO10. The Labute approximate surface area is 425 Å². The third kappa shape index (κ3) is 34.8. The van der Waals surface area contributed by atoms with Crippen molar-refractivity contribution < 1.29 is 49.3 Å². The monoisotopic (exact) mass is 982 g/mol. The second kappa shape index (κ2) is 46.6. The average molecular weight is 982 g/mol. The number of amides is 1. The molecule has 0 saturated carbocycles. The molecule has 1 heterocycles. The van der Waals surface area contributed by atoms with E-state index in [4.69, 9.17) is 14.2 Å². The average Bonchev–Trinajstić information content (AvgIpc) is 3.36. The standard InChI is InChI=1S/C59H99NO10/c1-4-7-10-13-16-19-22-25-26-29-32-35-38-41-44-47-54(64)70-57-56(66)55(65)53(48-61)69-59(57)68-49-50(51(62)45-42-39-36-33-30-27-23-20-17-14-11-8-5-2)60-58(67)52(63)46-43-40-37-34-31-28-24-21-18-15-12-9-6-3/h7,9-10,12-13,16,18-19,21-22,25-26,29,32,42,45,50-53,55-57,59,61-63,65-66H,4-6,8,11,14-15,17,20,23-24,27-28,30-31,33-41,43-44,46-49H2,1-3H3,(H,60,67)/b10-7+,12-9+,16-13+,21-18+,22-19-,26-25-,32-29+,45-42+. The van der Waals surface area contributed by atoms with E-state index in [0.29, 0.717) is 12.8 Å². The van der Waals surface area contributed by atoms with E-state index in [9.17, 15) is 35.1 Å². The SMILES string of the molecule is CC/C=C/C=C/C=C\C=C/C=C/CCCCCC(=O)OC1C(OCC(NC(=O)C(O)CCCCCCCC/C=C/C/C=C/CC)C(O)/C=C/CCCCCCCCCCCCC)OC(CO)C(O)C1O. The summed E-state index contributed by atoms with van der Waals surface area (Å²) in [6.45, 7) is 5.48. The molecule has 0 aromatic carbocycles. The van der Waals surface area contributed by atoms with Crippen molar-refractivity contribution in [1.82, 2.24) is 5.32 Å². The van der Waals surface area contributed by atoms with Crippen molar-refractivity contribution in [2.75, 3.05) is 13.2 Å². The van der Waals surface area contributed by atoms with Crippen molar-refractivity contribution >= 4 is 11.9 Å². The van der Waals surface area contributed by atoms with Crippen molar-refractivity contribution in [3.8, 4) is 0 Å². The highest BCUT2D eigenvalue weighted by atomic mass is 16.7. The number of unbranched alkanes of at least 4 members (excludes halogenated alkanes) is 20. The summed E-state index contributed by atoms with van der Waals surface area (Å²) >= 11 is 0. The number of carbonyl (C=O) groups excluding carboxylic acids is 2. The second-order valence-electron chi connectivity index (χ2n) is 18.7. The molecule has 11 nitrogen and oxygen atoms in total. The Morgan fingerprint density at radius 2 is 1.10 bits per heavy atom. The van der Waals surface area contributed by atoms with E-state index in [2.05, 4.69) is 62.5 Å². The van der Waals surface area contributed by atoms with E-state index in [-0.39, 0.29) is 19.4 Å². The molecule has 0 radical (unpaired) electrons. The van der Waals surface area contributed by atoms with Gasteiger partial charge in [-0.2, -0.15) is 0 Å². The van der Waals surface area contributed by atoms with Crippen LogP contribution in [0.25, 0.3) is 0 Å². The Kier molecular flexibility index (Phi) is 43.0. The van der Waals surface area contributed by atoms with E-state index in [1.54, 1.807) is 6.08 Å². The molecule has 1 saturated heterocycles. The van der Waals surface area contributed by atoms with Crippen molar-refractivity contribution in [3.63, 3.8) is 0 Å². The molecule has 11 heteroatoms. The number of aliphatic hydroxyl groups is 5. The summed E-state index contributed by atoms with van der Waals surface area (Å²) in [6.07, 6.45) is 50.2. The van der Waals surface area contributed by atoms with E-state index in [1.165, 1.54) is 51.4 Å². The van der Waals surface area contributed by atoms with Crippen LogP contribution >= 0.6 is 0 Å². The van der Waals surface area contributed by atoms with E-state index >= 15 is 0 Å². The Morgan fingerprint density at radius 3 is 1.70 bits per heavy atom. The predicted octanol–water partition coefficient (Wildman–Crippen LogP) is 12.0.